The van der Waals surface area contributed by atoms with Gasteiger partial charge in [0.05, 0.1) is 0 Å². The van der Waals surface area contributed by atoms with Crippen molar-refractivity contribution in [1.29, 1.82) is 0 Å². The van der Waals surface area contributed by atoms with Crippen LogP contribution < -0.4 is 4.74 Å². The monoisotopic (exact) mass is 305 g/mol. The number of carboxylic acid groups (broad SMARTS) is 1. The second-order valence-corrected chi connectivity index (χ2v) is 5.91. The molecule has 2 rings (SSSR count). The van der Waals surface area contributed by atoms with Gasteiger partial charge in [0.25, 0.3) is 5.91 Å². The van der Waals surface area contributed by atoms with Crippen LogP contribution in [0.2, 0.25) is 0 Å². The van der Waals surface area contributed by atoms with Gasteiger partial charge in [0.1, 0.15) is 5.75 Å². The molecule has 1 aliphatic carbocycles. The van der Waals surface area contributed by atoms with E-state index in [9.17, 15) is 9.59 Å². The van der Waals surface area contributed by atoms with E-state index in [1.807, 2.05) is 25.7 Å². The molecule has 0 spiro atoms. The van der Waals surface area contributed by atoms with Crippen LogP contribution in [0.1, 0.15) is 41.3 Å². The van der Waals surface area contributed by atoms with E-state index >= 15 is 0 Å². The van der Waals surface area contributed by atoms with Crippen LogP contribution in [0.3, 0.4) is 0 Å². The number of aliphatic carboxylic acids is 1. The number of carbonyl (C=O) groups is 2. The van der Waals surface area contributed by atoms with E-state index in [1.165, 1.54) is 12.8 Å². The Hall–Kier alpha value is -2.04. The Balaban J connectivity index is 2.16. The van der Waals surface area contributed by atoms with Crippen molar-refractivity contribution in [3.8, 4) is 5.75 Å². The Morgan fingerprint density at radius 3 is 2.32 bits per heavy atom. The van der Waals surface area contributed by atoms with Crippen molar-refractivity contribution in [1.82, 2.24) is 4.90 Å². The Kier molecular flexibility index (Phi) is 5.06. The Bertz CT molecular complexity index is 555. The quantitative estimate of drug-likeness (QED) is 0.841. The highest BCUT2D eigenvalue weighted by molar-refractivity contribution is 5.95. The van der Waals surface area contributed by atoms with Gasteiger partial charge in [-0.3, -0.25) is 4.79 Å². The highest BCUT2D eigenvalue weighted by Gasteiger charge is 2.26. The summed E-state index contributed by atoms with van der Waals surface area (Å²) in [7, 11) is 0. The summed E-state index contributed by atoms with van der Waals surface area (Å²) in [5.74, 6) is 0.222. The van der Waals surface area contributed by atoms with E-state index in [-0.39, 0.29) is 12.5 Å². The second-order valence-electron chi connectivity index (χ2n) is 5.91. The Labute approximate surface area is 130 Å². The molecule has 1 aliphatic rings. The number of aryl methyl sites for hydroxylation is 2. The number of rotatable bonds is 7. The molecule has 0 atom stereocenters. The zero-order chi connectivity index (χ0) is 16.3. The molecule has 1 saturated carbocycles. The largest absolute Gasteiger partial charge is 0.481 e. The van der Waals surface area contributed by atoms with Crippen molar-refractivity contribution in [3.05, 3.63) is 28.8 Å². The summed E-state index contributed by atoms with van der Waals surface area (Å²) in [5.41, 5.74) is 2.21. The lowest BCUT2D eigenvalue weighted by Gasteiger charge is -2.22. The number of nitrogens with zero attached hydrogens (tertiary/aromatic N) is 1. The van der Waals surface area contributed by atoms with Gasteiger partial charge < -0.3 is 14.7 Å². The standard InChI is InChI=1S/C17H23NO4/c1-4-18(9-13-5-6-13)17(21)14-7-11(2)16(12(3)8-14)22-10-15(19)20/h7-8,13H,4-6,9-10H2,1-3H3,(H,19,20). The van der Waals surface area contributed by atoms with Crippen LogP contribution in [0, 0.1) is 19.8 Å². The maximum atomic E-state index is 12.6. The predicted octanol–water partition coefficient (Wildman–Crippen LogP) is 2.64. The van der Waals surface area contributed by atoms with Gasteiger partial charge in [-0.05, 0) is 62.8 Å². The van der Waals surface area contributed by atoms with Gasteiger partial charge >= 0.3 is 5.97 Å². The number of ether oxygens (including phenoxy) is 1. The van der Waals surface area contributed by atoms with Crippen LogP contribution in [-0.2, 0) is 4.79 Å². The lowest BCUT2D eigenvalue weighted by molar-refractivity contribution is -0.139. The van der Waals surface area contributed by atoms with Crippen molar-refractivity contribution in [3.63, 3.8) is 0 Å². The predicted molar refractivity (Wildman–Crippen MR) is 83.3 cm³/mol. The van der Waals surface area contributed by atoms with Crippen molar-refractivity contribution >= 4 is 11.9 Å². The van der Waals surface area contributed by atoms with E-state index in [4.69, 9.17) is 9.84 Å². The van der Waals surface area contributed by atoms with Crippen LogP contribution in [0.5, 0.6) is 5.75 Å². The van der Waals surface area contributed by atoms with Crippen molar-refractivity contribution < 1.29 is 19.4 Å². The molecule has 0 bridgehead atoms. The molecular weight excluding hydrogens is 282 g/mol. The highest BCUT2D eigenvalue weighted by Crippen LogP contribution is 2.31. The molecule has 1 fully saturated rings. The molecule has 1 amide bonds. The molecule has 0 heterocycles. The average Bonchev–Trinajstić information content (AvgIpc) is 3.26. The molecule has 22 heavy (non-hydrogen) atoms. The summed E-state index contributed by atoms with van der Waals surface area (Å²) in [4.78, 5) is 25.1. The zero-order valence-electron chi connectivity index (χ0n) is 13.4. The summed E-state index contributed by atoms with van der Waals surface area (Å²) in [5, 5.41) is 8.71. The maximum Gasteiger partial charge on any atom is 0.341 e. The van der Waals surface area contributed by atoms with Crippen molar-refractivity contribution in [2.24, 2.45) is 5.92 Å². The van der Waals surface area contributed by atoms with Crippen molar-refractivity contribution in [2.75, 3.05) is 19.7 Å². The first kappa shape index (κ1) is 16.3. The van der Waals surface area contributed by atoms with E-state index in [2.05, 4.69) is 0 Å². The van der Waals surface area contributed by atoms with Crippen LogP contribution >= 0.6 is 0 Å². The summed E-state index contributed by atoms with van der Waals surface area (Å²) >= 11 is 0. The molecule has 0 unspecified atom stereocenters. The number of benzene rings is 1. The summed E-state index contributed by atoms with van der Waals surface area (Å²) < 4.78 is 5.30. The molecule has 0 aliphatic heterocycles. The molecule has 0 aromatic heterocycles. The second kappa shape index (κ2) is 6.81. The van der Waals surface area contributed by atoms with Gasteiger partial charge in [-0.25, -0.2) is 4.79 Å². The lowest BCUT2D eigenvalue weighted by Crippen LogP contribution is -2.32. The Morgan fingerprint density at radius 1 is 1.27 bits per heavy atom. The normalized spacial score (nSPS) is 13.8. The maximum absolute atomic E-state index is 12.6. The molecule has 0 radical (unpaired) electrons. The molecule has 5 nitrogen and oxygen atoms in total. The van der Waals surface area contributed by atoms with Gasteiger partial charge in [-0.2, -0.15) is 0 Å². The van der Waals surface area contributed by atoms with E-state index < -0.39 is 5.97 Å². The molecular formula is C17H23NO4. The fourth-order valence-electron chi connectivity index (χ4n) is 2.59. The van der Waals surface area contributed by atoms with Gasteiger partial charge in [0.2, 0.25) is 0 Å². The Morgan fingerprint density at radius 2 is 1.86 bits per heavy atom. The molecule has 0 saturated heterocycles. The van der Waals surface area contributed by atoms with Gasteiger partial charge in [-0.15, -0.1) is 0 Å². The van der Waals surface area contributed by atoms with Crippen LogP contribution in [0.25, 0.3) is 0 Å². The molecule has 1 N–H and O–H groups in total. The molecule has 1 aromatic rings. The summed E-state index contributed by atoms with van der Waals surface area (Å²) in [6.07, 6.45) is 2.42. The van der Waals surface area contributed by atoms with Gasteiger partial charge in [-0.1, -0.05) is 0 Å². The fraction of sp³-hybridized carbons (Fsp3) is 0.529. The third-order valence-corrected chi connectivity index (χ3v) is 3.89. The smallest absolute Gasteiger partial charge is 0.341 e. The third-order valence-electron chi connectivity index (χ3n) is 3.89. The zero-order valence-corrected chi connectivity index (χ0v) is 13.4. The summed E-state index contributed by atoms with van der Waals surface area (Å²) in [6.45, 7) is 6.80. The first-order valence-electron chi connectivity index (χ1n) is 7.67. The minimum Gasteiger partial charge on any atom is -0.481 e. The molecule has 1 aromatic carbocycles. The summed E-state index contributed by atoms with van der Waals surface area (Å²) in [6, 6.07) is 3.56. The minimum absolute atomic E-state index is 0.0328. The van der Waals surface area contributed by atoms with Crippen LogP contribution in [0.4, 0.5) is 0 Å². The minimum atomic E-state index is -1.01. The average molecular weight is 305 g/mol. The topological polar surface area (TPSA) is 66.8 Å². The van der Waals surface area contributed by atoms with Crippen molar-refractivity contribution in [2.45, 2.75) is 33.6 Å². The number of hydrogen-bond acceptors (Lipinski definition) is 3. The number of carboxylic acids is 1. The first-order chi connectivity index (χ1) is 10.4. The van der Waals surface area contributed by atoms with Crippen LogP contribution in [-0.4, -0.2) is 41.6 Å². The van der Waals surface area contributed by atoms with E-state index in [0.717, 1.165) is 17.7 Å². The van der Waals surface area contributed by atoms with Gasteiger partial charge in [0, 0.05) is 18.7 Å². The molecule has 5 heteroatoms. The van der Waals surface area contributed by atoms with Gasteiger partial charge in [0.15, 0.2) is 6.61 Å². The number of amides is 1. The fourth-order valence-corrected chi connectivity index (χ4v) is 2.59. The molecule has 120 valence electrons. The number of hydrogen-bond donors (Lipinski definition) is 1. The first-order valence-corrected chi connectivity index (χ1v) is 7.67. The number of carbonyl (C=O) groups excluding carboxylic acids is 1. The van der Waals surface area contributed by atoms with E-state index in [0.29, 0.717) is 23.8 Å². The third kappa shape index (κ3) is 4.00. The highest BCUT2D eigenvalue weighted by atomic mass is 16.5. The van der Waals surface area contributed by atoms with E-state index in [1.54, 1.807) is 12.1 Å². The van der Waals surface area contributed by atoms with Crippen LogP contribution in [0.15, 0.2) is 12.1 Å². The SMILES string of the molecule is CCN(CC1CC1)C(=O)c1cc(C)c(OCC(=O)O)c(C)c1. The lowest BCUT2D eigenvalue weighted by atomic mass is 10.0.